The van der Waals surface area contributed by atoms with Crippen molar-refractivity contribution in [3.63, 3.8) is 0 Å². The minimum Gasteiger partial charge on any atom is -0.481 e. The summed E-state index contributed by atoms with van der Waals surface area (Å²) in [7, 11) is 0. The highest BCUT2D eigenvalue weighted by Crippen LogP contribution is 2.69. The second-order valence-electron chi connectivity index (χ2n) is 21.8. The normalized spacial score (nSPS) is 49.1. The van der Waals surface area contributed by atoms with Crippen LogP contribution in [-0.4, -0.2) is 45.1 Å². The monoisotopic (exact) mass is 749 g/mol. The van der Waals surface area contributed by atoms with Crippen molar-refractivity contribution in [2.45, 2.75) is 183 Å². The summed E-state index contributed by atoms with van der Waals surface area (Å²) in [4.78, 5) is 35.1. The van der Waals surface area contributed by atoms with Gasteiger partial charge in [-0.05, 0) is 176 Å². The quantitative estimate of drug-likeness (QED) is 0.239. The number of ketones is 2. The number of Topliss-reactive ketones (excluding diaryl/α,β-unsaturated/α-hetero) is 1. The van der Waals surface area contributed by atoms with E-state index in [4.69, 9.17) is 5.11 Å². The molecule has 0 aliphatic heterocycles. The summed E-state index contributed by atoms with van der Waals surface area (Å²) in [6, 6.07) is 0. The predicted molar refractivity (Wildman–Crippen MR) is 213 cm³/mol. The highest BCUT2D eigenvalue weighted by atomic mass is 16.4. The Bertz CT molecular complexity index is 1470. The first-order valence-electron chi connectivity index (χ1n) is 22.8. The topological polar surface area (TPSA) is 112 Å². The molecule has 8 aliphatic rings. The Hall–Kier alpha value is -1.53. The van der Waals surface area contributed by atoms with Gasteiger partial charge in [-0.15, -0.1) is 0 Å². The summed E-state index contributed by atoms with van der Waals surface area (Å²) in [5.41, 5.74) is 2.22. The maximum absolute atomic E-state index is 12.1. The maximum atomic E-state index is 12.1. The summed E-state index contributed by atoms with van der Waals surface area (Å²) < 4.78 is 0. The van der Waals surface area contributed by atoms with E-state index >= 15 is 0 Å². The van der Waals surface area contributed by atoms with Crippen LogP contribution in [0.25, 0.3) is 0 Å². The minimum atomic E-state index is -0.697. The number of aliphatic carboxylic acids is 1. The van der Waals surface area contributed by atoms with E-state index in [1.54, 1.807) is 0 Å². The number of hydrogen-bond donors (Lipinski definition) is 3. The van der Waals surface area contributed by atoms with Gasteiger partial charge in [0.2, 0.25) is 0 Å². The molecular formula is C48H76O6. The number of carbonyl (C=O) groups is 3. The van der Waals surface area contributed by atoms with E-state index in [9.17, 15) is 24.6 Å². The number of carboxylic acid groups (broad SMARTS) is 1. The number of aliphatic hydroxyl groups excluding tert-OH is 2. The fourth-order valence-electron chi connectivity index (χ4n) is 16.7. The van der Waals surface area contributed by atoms with Crippen LogP contribution in [0.5, 0.6) is 0 Å². The van der Waals surface area contributed by atoms with Crippen LogP contribution in [-0.2, 0) is 14.4 Å². The standard InChI is InChI=1S/C24H36O4.C24H40O2/c1-14(4-7-21(27)28)17-5-6-18-22-19(9-11-24(17,18)3)23(2)10-8-16(25)12-15(23)13-20(22)26;1-5-6-15(2)18-7-8-19-22-20(10-12-24(18,19)4)23(3)11-9-17(25)13-16(23)14-21(22)26/h12,14,17-20,22,26H,4-11,13H2,1-3H3,(H,27,28);15-16,18-22,26H,5-14H2,1-4H3/t14-,17-,18?,19?,20?,22+,23+,24-;15-,16+,18-,19?,20?,21?,22+,23+,24-/m11/s1. The Balaban J connectivity index is 0.000000167. The molecule has 0 aromatic carbocycles. The van der Waals surface area contributed by atoms with Crippen molar-refractivity contribution in [1.82, 2.24) is 0 Å². The fraction of sp³-hybridized carbons (Fsp3) is 0.896. The van der Waals surface area contributed by atoms with Gasteiger partial charge in [0.05, 0.1) is 12.2 Å². The minimum absolute atomic E-state index is 0.0755. The van der Waals surface area contributed by atoms with Crippen LogP contribution >= 0.6 is 0 Å². The third-order valence-corrected chi connectivity index (χ3v) is 19.6. The molecule has 6 heteroatoms. The lowest BCUT2D eigenvalue weighted by atomic mass is 9.44. The summed E-state index contributed by atoms with van der Waals surface area (Å²) in [5, 5.41) is 31.5. The molecule has 17 atom stereocenters. The first kappa shape index (κ1) is 40.7. The van der Waals surface area contributed by atoms with E-state index in [0.717, 1.165) is 69.6 Å². The van der Waals surface area contributed by atoms with Crippen LogP contribution in [0.3, 0.4) is 0 Å². The van der Waals surface area contributed by atoms with Crippen molar-refractivity contribution >= 4 is 17.5 Å². The lowest BCUT2D eigenvalue weighted by Gasteiger charge is -2.62. The molecule has 6 unspecified atom stereocenters. The van der Waals surface area contributed by atoms with Gasteiger partial charge in [-0.3, -0.25) is 14.4 Å². The molecule has 0 saturated heterocycles. The van der Waals surface area contributed by atoms with Gasteiger partial charge in [0.15, 0.2) is 5.78 Å². The molecule has 8 rings (SSSR count). The molecule has 304 valence electrons. The number of aliphatic hydroxyl groups is 2. The molecule has 7 fully saturated rings. The molecule has 0 bridgehead atoms. The van der Waals surface area contributed by atoms with Crippen LogP contribution in [0.15, 0.2) is 11.6 Å². The predicted octanol–water partition coefficient (Wildman–Crippen LogP) is 10.2. The zero-order valence-corrected chi connectivity index (χ0v) is 35.1. The molecule has 3 N–H and O–H groups in total. The van der Waals surface area contributed by atoms with Crippen LogP contribution in [0, 0.1) is 86.8 Å². The number of carboxylic acids is 1. The van der Waals surface area contributed by atoms with E-state index < -0.39 is 5.97 Å². The molecule has 0 spiro atoms. The van der Waals surface area contributed by atoms with Crippen LogP contribution in [0.2, 0.25) is 0 Å². The third-order valence-electron chi connectivity index (χ3n) is 19.6. The van der Waals surface area contributed by atoms with Gasteiger partial charge < -0.3 is 15.3 Å². The number of fused-ring (bicyclic) bond motifs is 10. The van der Waals surface area contributed by atoms with Crippen LogP contribution in [0.4, 0.5) is 0 Å². The number of hydrogen-bond acceptors (Lipinski definition) is 5. The molecule has 0 aromatic heterocycles. The van der Waals surface area contributed by atoms with Gasteiger partial charge in [-0.25, -0.2) is 0 Å². The molecule has 6 nitrogen and oxygen atoms in total. The maximum Gasteiger partial charge on any atom is 0.303 e. The molecule has 0 radical (unpaired) electrons. The van der Waals surface area contributed by atoms with Gasteiger partial charge in [0.1, 0.15) is 5.78 Å². The first-order valence-corrected chi connectivity index (χ1v) is 22.8. The van der Waals surface area contributed by atoms with Crippen LogP contribution in [0.1, 0.15) is 170 Å². The molecule has 54 heavy (non-hydrogen) atoms. The summed E-state index contributed by atoms with van der Waals surface area (Å²) in [6.07, 6.45) is 20.7. The average Bonchev–Trinajstić information content (AvgIpc) is 3.66. The van der Waals surface area contributed by atoms with E-state index in [1.165, 1.54) is 50.5 Å². The number of rotatable bonds is 7. The zero-order valence-electron chi connectivity index (χ0n) is 35.1. The van der Waals surface area contributed by atoms with E-state index in [2.05, 4.69) is 48.5 Å². The van der Waals surface area contributed by atoms with Crippen molar-refractivity contribution < 1.29 is 29.7 Å². The molecule has 0 aromatic rings. The van der Waals surface area contributed by atoms with Gasteiger partial charge >= 0.3 is 5.97 Å². The zero-order chi connectivity index (χ0) is 39.0. The fourth-order valence-corrected chi connectivity index (χ4v) is 16.7. The SMILES string of the molecule is CCC[C@@H](C)[C@H]1CCC2[C@@H]3C(O)C[C@@H]4CC(=O)CC[C@]4(C)C3CC[C@@]21C.C[C@H](CCC(=O)O)[C@H]1CCC2[C@@H]3C(O)CC4=CC(=O)CC[C@]4(C)C3CC[C@@]21C. The molecule has 7 saturated carbocycles. The van der Waals surface area contributed by atoms with Crippen molar-refractivity contribution in [1.29, 1.82) is 0 Å². The average molecular weight is 749 g/mol. The lowest BCUT2D eigenvalue weighted by Crippen LogP contribution is -2.58. The van der Waals surface area contributed by atoms with E-state index in [1.807, 2.05) is 6.08 Å². The third kappa shape index (κ3) is 6.63. The summed E-state index contributed by atoms with van der Waals surface area (Å²) in [5.74, 6) is 6.20. The van der Waals surface area contributed by atoms with Crippen molar-refractivity contribution in [2.75, 3.05) is 0 Å². The largest absolute Gasteiger partial charge is 0.481 e. The van der Waals surface area contributed by atoms with Crippen molar-refractivity contribution in [2.24, 2.45) is 86.8 Å². The molecule has 0 amide bonds. The van der Waals surface area contributed by atoms with Crippen molar-refractivity contribution in [3.05, 3.63) is 11.6 Å². The summed E-state index contributed by atoms with van der Waals surface area (Å²) in [6.45, 7) is 16.9. The molecular weight excluding hydrogens is 673 g/mol. The Morgan fingerprint density at radius 2 is 1.30 bits per heavy atom. The Kier molecular flexibility index (Phi) is 11.3. The van der Waals surface area contributed by atoms with E-state index in [-0.39, 0.29) is 35.2 Å². The van der Waals surface area contributed by atoms with Gasteiger partial charge in [-0.1, -0.05) is 66.9 Å². The van der Waals surface area contributed by atoms with E-state index in [0.29, 0.717) is 82.7 Å². The second-order valence-corrected chi connectivity index (χ2v) is 21.8. The Morgan fingerprint density at radius 3 is 1.91 bits per heavy atom. The Labute approximate surface area is 327 Å². The lowest BCUT2D eigenvalue weighted by molar-refractivity contribution is -0.168. The van der Waals surface area contributed by atoms with Gasteiger partial charge in [-0.2, -0.15) is 0 Å². The van der Waals surface area contributed by atoms with Crippen molar-refractivity contribution in [3.8, 4) is 0 Å². The smallest absolute Gasteiger partial charge is 0.303 e. The van der Waals surface area contributed by atoms with Gasteiger partial charge in [0, 0.05) is 25.7 Å². The summed E-state index contributed by atoms with van der Waals surface area (Å²) >= 11 is 0. The highest BCUT2D eigenvalue weighted by Gasteiger charge is 2.64. The highest BCUT2D eigenvalue weighted by molar-refractivity contribution is 5.91. The first-order chi connectivity index (χ1) is 25.5. The van der Waals surface area contributed by atoms with Crippen LogP contribution < -0.4 is 0 Å². The second kappa shape index (κ2) is 15.0. The Morgan fingerprint density at radius 1 is 0.722 bits per heavy atom. The molecule has 8 aliphatic carbocycles. The number of carbonyl (C=O) groups excluding carboxylic acids is 2. The molecule has 0 heterocycles. The van der Waals surface area contributed by atoms with Gasteiger partial charge in [0.25, 0.3) is 0 Å².